The minimum atomic E-state index is -0.337. The average molecular weight is 250 g/mol. The van der Waals surface area contributed by atoms with E-state index in [4.69, 9.17) is 10.5 Å². The molecule has 0 amide bonds. The molecule has 0 saturated carbocycles. The van der Waals surface area contributed by atoms with Gasteiger partial charge in [0.25, 0.3) is 0 Å². The van der Waals surface area contributed by atoms with Gasteiger partial charge < -0.3 is 10.5 Å². The molecule has 2 nitrogen and oxygen atoms in total. The van der Waals surface area contributed by atoms with Crippen molar-refractivity contribution in [3.05, 3.63) is 20.8 Å². The summed E-state index contributed by atoms with van der Waals surface area (Å²) in [4.78, 5) is 1.15. The topological polar surface area (TPSA) is 35.2 Å². The molecule has 1 atom stereocenters. The number of hydrogen-bond donors (Lipinski definition) is 1. The van der Waals surface area contributed by atoms with E-state index >= 15 is 0 Å². The second kappa shape index (κ2) is 3.87. The number of ether oxygens (including phenoxy) is 1. The summed E-state index contributed by atoms with van der Waals surface area (Å²) in [6.07, 6.45) is 0. The minimum Gasteiger partial charge on any atom is -0.372 e. The Morgan fingerprint density at radius 2 is 2.33 bits per heavy atom. The summed E-state index contributed by atoms with van der Waals surface area (Å²) < 4.78 is 6.46. The van der Waals surface area contributed by atoms with Crippen LogP contribution < -0.4 is 5.73 Å². The van der Waals surface area contributed by atoms with Crippen LogP contribution in [0, 0.1) is 0 Å². The largest absolute Gasteiger partial charge is 0.372 e. The molecule has 0 bridgehead atoms. The van der Waals surface area contributed by atoms with Gasteiger partial charge in [0.15, 0.2) is 0 Å². The van der Waals surface area contributed by atoms with Gasteiger partial charge in [-0.1, -0.05) is 0 Å². The van der Waals surface area contributed by atoms with E-state index in [0.29, 0.717) is 6.54 Å². The van der Waals surface area contributed by atoms with Crippen LogP contribution in [0.1, 0.15) is 11.8 Å². The van der Waals surface area contributed by atoms with Crippen LogP contribution in [-0.2, 0) is 10.3 Å². The van der Waals surface area contributed by atoms with E-state index in [9.17, 15) is 0 Å². The third-order valence-electron chi connectivity index (χ3n) is 1.93. The fourth-order valence-corrected chi connectivity index (χ4v) is 2.40. The first-order valence-electron chi connectivity index (χ1n) is 3.63. The molecule has 0 radical (unpaired) electrons. The van der Waals surface area contributed by atoms with Gasteiger partial charge in [-0.3, -0.25) is 0 Å². The molecule has 1 aromatic rings. The smallest absolute Gasteiger partial charge is 0.111 e. The van der Waals surface area contributed by atoms with Crippen LogP contribution in [0.4, 0.5) is 0 Å². The Balaban J connectivity index is 2.94. The lowest BCUT2D eigenvalue weighted by Gasteiger charge is -2.24. The molecule has 1 rings (SSSR count). The molecule has 0 aliphatic carbocycles. The van der Waals surface area contributed by atoms with Gasteiger partial charge in [-0.25, -0.2) is 0 Å². The van der Waals surface area contributed by atoms with Crippen LogP contribution in [0.15, 0.2) is 15.9 Å². The lowest BCUT2D eigenvalue weighted by atomic mass is 10.1. The zero-order valence-corrected chi connectivity index (χ0v) is 9.54. The van der Waals surface area contributed by atoms with Gasteiger partial charge in [-0.15, -0.1) is 11.3 Å². The molecule has 0 aliphatic rings. The summed E-state index contributed by atoms with van der Waals surface area (Å²) in [5, 5.41) is 0. The van der Waals surface area contributed by atoms with Crippen molar-refractivity contribution in [3.63, 3.8) is 0 Å². The Morgan fingerprint density at radius 3 is 2.67 bits per heavy atom. The number of methoxy groups -OCH3 is 1. The Morgan fingerprint density at radius 1 is 1.67 bits per heavy atom. The molecule has 1 heterocycles. The lowest BCUT2D eigenvalue weighted by Crippen LogP contribution is -2.32. The second-order valence-corrected chi connectivity index (χ2v) is 5.21. The summed E-state index contributed by atoms with van der Waals surface area (Å²) in [7, 11) is 1.68. The Bertz CT molecular complexity index is 257. The van der Waals surface area contributed by atoms with Gasteiger partial charge in [-0.2, -0.15) is 0 Å². The zero-order chi connectivity index (χ0) is 9.19. The monoisotopic (exact) mass is 249 g/mol. The van der Waals surface area contributed by atoms with Crippen molar-refractivity contribution in [2.45, 2.75) is 12.5 Å². The number of rotatable bonds is 3. The third-order valence-corrected chi connectivity index (χ3v) is 3.80. The molecule has 0 saturated heterocycles. The van der Waals surface area contributed by atoms with E-state index in [2.05, 4.69) is 15.9 Å². The molecule has 12 heavy (non-hydrogen) atoms. The molecule has 68 valence electrons. The van der Waals surface area contributed by atoms with Crippen molar-refractivity contribution in [2.24, 2.45) is 5.73 Å². The molecule has 1 unspecified atom stereocenters. The van der Waals surface area contributed by atoms with Gasteiger partial charge in [0.2, 0.25) is 0 Å². The van der Waals surface area contributed by atoms with Crippen LogP contribution in [0.2, 0.25) is 0 Å². The summed E-state index contributed by atoms with van der Waals surface area (Å²) >= 11 is 5.06. The Labute approximate surface area is 84.9 Å². The van der Waals surface area contributed by atoms with Crippen molar-refractivity contribution < 1.29 is 4.74 Å². The van der Waals surface area contributed by atoms with Crippen molar-refractivity contribution in [2.75, 3.05) is 13.7 Å². The van der Waals surface area contributed by atoms with E-state index in [0.717, 1.165) is 8.66 Å². The first-order valence-corrected chi connectivity index (χ1v) is 5.24. The van der Waals surface area contributed by atoms with Gasteiger partial charge in [0.1, 0.15) is 5.60 Å². The standard InChI is InChI=1S/C8H12BrNOS/c1-8(5-10,11-2)6-3-4-7(9)12-6/h3-4H,5,10H2,1-2H3. The zero-order valence-electron chi connectivity index (χ0n) is 7.13. The maximum absolute atomic E-state index is 5.63. The molecular weight excluding hydrogens is 238 g/mol. The highest BCUT2D eigenvalue weighted by Gasteiger charge is 2.25. The van der Waals surface area contributed by atoms with Crippen molar-refractivity contribution >= 4 is 27.3 Å². The fraction of sp³-hybridized carbons (Fsp3) is 0.500. The number of thiophene rings is 1. The van der Waals surface area contributed by atoms with Crippen LogP contribution in [0.5, 0.6) is 0 Å². The Hall–Kier alpha value is 0.1000. The number of nitrogens with two attached hydrogens (primary N) is 1. The minimum absolute atomic E-state index is 0.337. The highest BCUT2D eigenvalue weighted by atomic mass is 79.9. The summed E-state index contributed by atoms with van der Waals surface area (Å²) in [6, 6.07) is 4.04. The van der Waals surface area contributed by atoms with Gasteiger partial charge in [-0.05, 0) is 35.0 Å². The first-order chi connectivity index (χ1) is 5.62. The molecule has 2 N–H and O–H groups in total. The van der Waals surface area contributed by atoms with Crippen molar-refractivity contribution in [1.82, 2.24) is 0 Å². The number of hydrogen-bond acceptors (Lipinski definition) is 3. The van der Waals surface area contributed by atoms with Crippen molar-refractivity contribution in [3.8, 4) is 0 Å². The summed E-state index contributed by atoms with van der Waals surface area (Å²) in [6.45, 7) is 2.49. The maximum atomic E-state index is 5.63. The molecule has 0 spiro atoms. The molecule has 0 fully saturated rings. The predicted octanol–water partition coefficient (Wildman–Crippen LogP) is 2.33. The SMILES string of the molecule is COC(C)(CN)c1ccc(Br)s1. The average Bonchev–Trinajstić information content (AvgIpc) is 2.51. The molecule has 0 aromatic carbocycles. The van der Waals surface area contributed by atoms with Crippen LogP contribution in [0.25, 0.3) is 0 Å². The van der Waals surface area contributed by atoms with E-state index < -0.39 is 0 Å². The van der Waals surface area contributed by atoms with Gasteiger partial charge in [0, 0.05) is 18.5 Å². The van der Waals surface area contributed by atoms with E-state index in [1.165, 1.54) is 0 Å². The lowest BCUT2D eigenvalue weighted by molar-refractivity contribution is 0.0132. The maximum Gasteiger partial charge on any atom is 0.111 e. The molecule has 1 aromatic heterocycles. The van der Waals surface area contributed by atoms with Crippen LogP contribution >= 0.6 is 27.3 Å². The van der Waals surface area contributed by atoms with E-state index in [1.807, 2.05) is 19.1 Å². The number of halogens is 1. The van der Waals surface area contributed by atoms with Gasteiger partial charge >= 0.3 is 0 Å². The fourth-order valence-electron chi connectivity index (χ4n) is 0.883. The first kappa shape index (κ1) is 10.2. The van der Waals surface area contributed by atoms with Gasteiger partial charge in [0.05, 0.1) is 3.79 Å². The van der Waals surface area contributed by atoms with Crippen molar-refractivity contribution in [1.29, 1.82) is 0 Å². The summed E-state index contributed by atoms with van der Waals surface area (Å²) in [5.74, 6) is 0. The normalized spacial score (nSPS) is 16.0. The van der Waals surface area contributed by atoms with E-state index in [1.54, 1.807) is 18.4 Å². The molecular formula is C8H12BrNOS. The third kappa shape index (κ3) is 1.88. The summed E-state index contributed by atoms with van der Waals surface area (Å²) in [5.41, 5.74) is 5.29. The molecule has 0 aliphatic heterocycles. The second-order valence-electron chi connectivity index (χ2n) is 2.74. The Kier molecular flexibility index (Phi) is 3.29. The van der Waals surface area contributed by atoms with Crippen LogP contribution in [0.3, 0.4) is 0 Å². The van der Waals surface area contributed by atoms with E-state index in [-0.39, 0.29) is 5.60 Å². The molecule has 4 heteroatoms. The quantitative estimate of drug-likeness (QED) is 0.893. The van der Waals surface area contributed by atoms with Crippen LogP contribution in [-0.4, -0.2) is 13.7 Å². The highest BCUT2D eigenvalue weighted by molar-refractivity contribution is 9.11. The highest BCUT2D eigenvalue weighted by Crippen LogP contribution is 2.32. The predicted molar refractivity (Wildman–Crippen MR) is 55.4 cm³/mol.